The Labute approximate surface area is 193 Å². The van der Waals surface area contributed by atoms with E-state index < -0.39 is 0 Å². The second-order valence-electron chi connectivity index (χ2n) is 9.26. The van der Waals surface area contributed by atoms with Crippen molar-refractivity contribution in [3.05, 3.63) is 40.8 Å². The maximum atomic E-state index is 13.3. The average Bonchev–Trinajstić information content (AvgIpc) is 3.14. The second kappa shape index (κ2) is 9.15. The van der Waals surface area contributed by atoms with Crippen LogP contribution in [0.4, 0.5) is 11.6 Å². The van der Waals surface area contributed by atoms with Crippen molar-refractivity contribution in [3.8, 4) is 11.3 Å². The molecule has 0 amide bonds. The molecule has 5 rings (SSSR count). The number of rotatable bonds is 5. The Morgan fingerprint density at radius 2 is 1.73 bits per heavy atom. The van der Waals surface area contributed by atoms with E-state index in [0.717, 1.165) is 36.6 Å². The number of nitrogens with two attached hydrogens (primary N) is 1. The van der Waals surface area contributed by atoms with E-state index >= 15 is 0 Å². The number of hydrogen-bond acceptors (Lipinski definition) is 7. The van der Waals surface area contributed by atoms with Crippen LogP contribution in [0, 0.1) is 0 Å². The van der Waals surface area contributed by atoms with Crippen LogP contribution in [0.1, 0.15) is 33.1 Å². The lowest BCUT2D eigenvalue weighted by Crippen LogP contribution is -2.46. The molecule has 0 aliphatic carbocycles. The molecule has 9 nitrogen and oxygen atoms in total. The van der Waals surface area contributed by atoms with Crippen LogP contribution in [-0.2, 0) is 11.3 Å². The largest absolute Gasteiger partial charge is 0.372 e. The van der Waals surface area contributed by atoms with Crippen molar-refractivity contribution in [2.75, 3.05) is 43.4 Å². The SMILES string of the molecule is CC1CN(c2c(-c3ccccc3)nc(N)n3c(=O)n(CCN4CCCCC4)nc23)CC(C)O1. The molecule has 2 aliphatic rings. The Kier molecular flexibility index (Phi) is 6.07. The van der Waals surface area contributed by atoms with E-state index in [1.54, 1.807) is 4.68 Å². The minimum absolute atomic E-state index is 0.0582. The highest BCUT2D eigenvalue weighted by atomic mass is 16.5. The van der Waals surface area contributed by atoms with E-state index in [1.165, 1.54) is 23.7 Å². The van der Waals surface area contributed by atoms with Crippen LogP contribution in [0.25, 0.3) is 16.9 Å². The Balaban J connectivity index is 1.62. The molecule has 2 fully saturated rings. The van der Waals surface area contributed by atoms with Gasteiger partial charge in [0.25, 0.3) is 0 Å². The number of morpholine rings is 1. The number of nitrogen functional groups attached to an aromatic ring is 1. The van der Waals surface area contributed by atoms with Crippen molar-refractivity contribution in [3.63, 3.8) is 0 Å². The first-order valence-electron chi connectivity index (χ1n) is 12.0. The highest BCUT2D eigenvalue weighted by molar-refractivity contribution is 5.86. The van der Waals surface area contributed by atoms with Crippen LogP contribution in [-0.4, -0.2) is 69.0 Å². The van der Waals surface area contributed by atoms with Crippen molar-refractivity contribution >= 4 is 17.3 Å². The molecule has 2 aromatic heterocycles. The molecule has 0 spiro atoms. The number of ether oxygens (including phenoxy) is 1. The summed E-state index contributed by atoms with van der Waals surface area (Å²) in [5.41, 5.74) is 9.21. The van der Waals surface area contributed by atoms with E-state index in [0.29, 0.717) is 25.3 Å². The summed E-state index contributed by atoms with van der Waals surface area (Å²) in [6.07, 6.45) is 3.84. The first-order valence-corrected chi connectivity index (χ1v) is 12.0. The number of hydrogen-bond donors (Lipinski definition) is 1. The van der Waals surface area contributed by atoms with Crippen molar-refractivity contribution < 1.29 is 4.74 Å². The van der Waals surface area contributed by atoms with Crippen LogP contribution < -0.4 is 16.3 Å². The topological polar surface area (TPSA) is 93.9 Å². The van der Waals surface area contributed by atoms with Gasteiger partial charge in [-0.2, -0.15) is 0 Å². The summed E-state index contributed by atoms with van der Waals surface area (Å²) < 4.78 is 8.98. The van der Waals surface area contributed by atoms with Crippen LogP contribution >= 0.6 is 0 Å². The number of nitrogens with zero attached hydrogens (tertiary/aromatic N) is 6. The molecule has 3 aromatic rings. The molecule has 2 N–H and O–H groups in total. The second-order valence-corrected chi connectivity index (χ2v) is 9.26. The van der Waals surface area contributed by atoms with E-state index in [2.05, 4.69) is 23.6 Å². The molecule has 9 heteroatoms. The van der Waals surface area contributed by atoms with Gasteiger partial charge in [-0.05, 0) is 39.8 Å². The molecule has 33 heavy (non-hydrogen) atoms. The first-order chi connectivity index (χ1) is 16.0. The summed E-state index contributed by atoms with van der Waals surface area (Å²) in [6, 6.07) is 9.97. The standard InChI is InChI=1S/C24H33N7O2/c1-17-15-29(16-18(2)33-17)21-20(19-9-5-3-6-10-19)26-23(25)31-22(21)27-30(24(31)32)14-13-28-11-7-4-8-12-28/h3,5-6,9-10,17-18H,4,7-8,11-16H2,1-2H3,(H2,25,26). The Hall–Kier alpha value is -2.91. The number of likely N-dealkylation sites (tertiary alicyclic amines) is 1. The zero-order chi connectivity index (χ0) is 22.9. The van der Waals surface area contributed by atoms with Crippen molar-refractivity contribution in [2.45, 2.75) is 51.9 Å². The van der Waals surface area contributed by atoms with Crippen molar-refractivity contribution in [1.82, 2.24) is 24.1 Å². The number of piperidine rings is 1. The lowest BCUT2D eigenvalue weighted by Gasteiger charge is -2.37. The third kappa shape index (κ3) is 4.35. The summed E-state index contributed by atoms with van der Waals surface area (Å²) in [5, 5.41) is 4.81. The lowest BCUT2D eigenvalue weighted by molar-refractivity contribution is -0.00513. The van der Waals surface area contributed by atoms with Gasteiger partial charge < -0.3 is 20.3 Å². The van der Waals surface area contributed by atoms with E-state index in [9.17, 15) is 4.79 Å². The molecule has 176 valence electrons. The molecule has 0 saturated carbocycles. The van der Waals surface area contributed by atoms with E-state index in [1.807, 2.05) is 30.3 Å². The minimum Gasteiger partial charge on any atom is -0.372 e. The van der Waals surface area contributed by atoms with Crippen LogP contribution in [0.3, 0.4) is 0 Å². The fraction of sp³-hybridized carbons (Fsp3) is 0.542. The third-order valence-electron chi connectivity index (χ3n) is 6.59. The minimum atomic E-state index is -0.234. The van der Waals surface area contributed by atoms with Crippen LogP contribution in [0.5, 0.6) is 0 Å². The van der Waals surface area contributed by atoms with E-state index in [4.69, 9.17) is 20.6 Å². The monoisotopic (exact) mass is 451 g/mol. The molecular formula is C24H33N7O2. The summed E-state index contributed by atoms with van der Waals surface area (Å²) in [6.45, 7) is 9.03. The molecule has 0 bridgehead atoms. The highest BCUT2D eigenvalue weighted by Gasteiger charge is 2.29. The van der Waals surface area contributed by atoms with Gasteiger partial charge in [-0.1, -0.05) is 36.8 Å². The van der Waals surface area contributed by atoms with Gasteiger partial charge in [0.1, 0.15) is 11.4 Å². The molecule has 2 unspecified atom stereocenters. The number of aromatic nitrogens is 4. The van der Waals surface area contributed by atoms with Crippen LogP contribution in [0.2, 0.25) is 0 Å². The van der Waals surface area contributed by atoms with Crippen molar-refractivity contribution in [2.24, 2.45) is 0 Å². The number of anilines is 2. The van der Waals surface area contributed by atoms with Gasteiger partial charge in [-0.15, -0.1) is 5.10 Å². The maximum Gasteiger partial charge on any atom is 0.353 e. The normalized spacial score (nSPS) is 22.2. The lowest BCUT2D eigenvalue weighted by atomic mass is 10.1. The average molecular weight is 452 g/mol. The molecule has 2 saturated heterocycles. The van der Waals surface area contributed by atoms with Gasteiger partial charge in [-0.25, -0.2) is 18.9 Å². The summed E-state index contributed by atoms with van der Waals surface area (Å²) in [7, 11) is 0. The number of fused-ring (bicyclic) bond motifs is 1. The molecule has 2 atom stereocenters. The molecule has 4 heterocycles. The Bertz CT molecular complexity index is 1160. The summed E-state index contributed by atoms with van der Waals surface area (Å²) in [5.74, 6) is 0.163. The van der Waals surface area contributed by atoms with Gasteiger partial charge in [0, 0.05) is 25.2 Å². The van der Waals surface area contributed by atoms with Gasteiger partial charge in [0.05, 0.1) is 18.8 Å². The van der Waals surface area contributed by atoms with E-state index in [-0.39, 0.29) is 23.8 Å². The molecular weight excluding hydrogens is 418 g/mol. The Morgan fingerprint density at radius 3 is 2.42 bits per heavy atom. The Morgan fingerprint density at radius 1 is 1.03 bits per heavy atom. The van der Waals surface area contributed by atoms with Gasteiger partial charge >= 0.3 is 5.69 Å². The molecule has 0 radical (unpaired) electrons. The number of benzene rings is 1. The van der Waals surface area contributed by atoms with Gasteiger partial charge in [0.15, 0.2) is 5.65 Å². The molecule has 2 aliphatic heterocycles. The quantitative estimate of drug-likeness (QED) is 0.636. The third-order valence-corrected chi connectivity index (χ3v) is 6.59. The maximum absolute atomic E-state index is 13.3. The fourth-order valence-corrected chi connectivity index (χ4v) is 5.10. The zero-order valence-electron chi connectivity index (χ0n) is 19.5. The van der Waals surface area contributed by atoms with Crippen LogP contribution in [0.15, 0.2) is 35.1 Å². The first kappa shape index (κ1) is 21.9. The fourth-order valence-electron chi connectivity index (χ4n) is 5.10. The van der Waals surface area contributed by atoms with Crippen molar-refractivity contribution in [1.29, 1.82) is 0 Å². The zero-order valence-corrected chi connectivity index (χ0v) is 19.5. The summed E-state index contributed by atoms with van der Waals surface area (Å²) >= 11 is 0. The summed E-state index contributed by atoms with van der Waals surface area (Å²) in [4.78, 5) is 22.7. The predicted molar refractivity (Wildman–Crippen MR) is 130 cm³/mol. The smallest absolute Gasteiger partial charge is 0.353 e. The predicted octanol–water partition coefficient (Wildman–Crippen LogP) is 2.24. The van der Waals surface area contributed by atoms with Gasteiger partial charge in [0.2, 0.25) is 5.95 Å². The highest BCUT2D eigenvalue weighted by Crippen LogP contribution is 2.34. The molecule has 1 aromatic carbocycles. The van der Waals surface area contributed by atoms with Gasteiger partial charge in [-0.3, -0.25) is 0 Å².